The summed E-state index contributed by atoms with van der Waals surface area (Å²) in [5.41, 5.74) is 0.379. The molecule has 0 radical (unpaired) electrons. The fourth-order valence-corrected chi connectivity index (χ4v) is 4.10. The number of ether oxygens (including phenoxy) is 4. The Hall–Kier alpha value is -4.28. The molecule has 0 amide bonds. The molecule has 10 N–H and O–H groups in total. The number of aliphatic carboxylic acids is 1. The molecular formula is C25H27O15+. The predicted molar refractivity (Wildman–Crippen MR) is 129 cm³/mol. The maximum Gasteiger partial charge on any atom is 0.333 e. The van der Waals surface area contributed by atoms with E-state index < -0.39 is 79.4 Å². The average Bonchev–Trinajstić information content (AvgIpc) is 2.89. The standard InChI is InChI=1S/C25H26O15/c26-10-4-13(28)11-6-17(23(38-16(11)5-10)9-1-2-12(27)14(29)3-9)39-25-22(34)21(33)20(32)18(40-25)8-37-19(31)7-15(30)24(35)36/h1-6,15,18,20-23,25-30,32-34H,7-8H2,(H,35,36)/p+1. The molecule has 2 aromatic carbocycles. The quantitative estimate of drug-likeness (QED) is 0.106. The second kappa shape index (κ2) is 11.4. The maximum absolute atomic E-state index is 11.8. The van der Waals surface area contributed by atoms with Crippen LogP contribution in [0.2, 0.25) is 0 Å². The van der Waals surface area contributed by atoms with E-state index in [4.69, 9.17) is 19.3 Å². The Bertz CT molecular complexity index is 1310. The number of carboxylic acids is 1. The van der Waals surface area contributed by atoms with Crippen molar-refractivity contribution in [1.29, 1.82) is 0 Å². The molecule has 0 aliphatic carbocycles. The molecule has 2 aromatic rings. The molecule has 216 valence electrons. The predicted octanol–water partition coefficient (Wildman–Crippen LogP) is -0.951. The molecule has 0 aromatic heterocycles. The van der Waals surface area contributed by atoms with E-state index >= 15 is 0 Å². The number of rotatable bonds is 8. The van der Waals surface area contributed by atoms with Crippen LogP contribution in [-0.2, 0) is 23.8 Å². The minimum atomic E-state index is -2.02. The second-order valence-electron chi connectivity index (χ2n) is 9.10. The molecule has 4 rings (SSSR count). The molecule has 2 aliphatic heterocycles. The van der Waals surface area contributed by atoms with Crippen molar-refractivity contribution >= 4 is 18.0 Å². The first-order chi connectivity index (χ1) is 18.8. The molecule has 7 atom stereocenters. The lowest BCUT2D eigenvalue weighted by Crippen LogP contribution is -2.59. The molecule has 1 saturated heterocycles. The highest BCUT2D eigenvalue weighted by molar-refractivity contribution is 5.80. The number of esters is 1. The Balaban J connectivity index is 1.59. The van der Waals surface area contributed by atoms with Crippen molar-refractivity contribution in [2.45, 2.75) is 49.3 Å². The van der Waals surface area contributed by atoms with Gasteiger partial charge in [-0.25, -0.2) is 4.79 Å². The third-order valence-corrected chi connectivity index (χ3v) is 6.24. The number of hydrogen-bond donors (Lipinski definition) is 9. The smallest absolute Gasteiger partial charge is 0.333 e. The van der Waals surface area contributed by atoms with Gasteiger partial charge >= 0.3 is 11.9 Å². The van der Waals surface area contributed by atoms with Crippen LogP contribution in [0.1, 0.15) is 23.7 Å². The highest BCUT2D eigenvalue weighted by Gasteiger charge is 2.47. The number of phenolic OH excluding ortho intramolecular Hbond substituents is 4. The number of aliphatic hydroxyl groups is 5. The van der Waals surface area contributed by atoms with Gasteiger partial charge in [-0.2, -0.15) is 0 Å². The van der Waals surface area contributed by atoms with E-state index in [-0.39, 0.29) is 34.1 Å². The van der Waals surface area contributed by atoms with Gasteiger partial charge in [-0.1, -0.05) is 0 Å². The summed E-state index contributed by atoms with van der Waals surface area (Å²) in [6.45, 7) is -0.711. The molecule has 15 heteroatoms. The summed E-state index contributed by atoms with van der Waals surface area (Å²) in [4.78, 5) is 22.6. The van der Waals surface area contributed by atoms with Gasteiger partial charge in [0.15, 0.2) is 23.4 Å². The Labute approximate surface area is 224 Å². The summed E-state index contributed by atoms with van der Waals surface area (Å²) >= 11 is 0. The Morgan fingerprint density at radius 2 is 1.68 bits per heavy atom. The molecule has 1 fully saturated rings. The van der Waals surface area contributed by atoms with Crippen LogP contribution < -0.4 is 0 Å². The van der Waals surface area contributed by atoms with Gasteiger partial charge in [0.1, 0.15) is 48.1 Å². The molecule has 0 saturated carbocycles. The summed E-state index contributed by atoms with van der Waals surface area (Å²) in [6, 6.07) is 6.07. The molecule has 2 aliphatic rings. The summed E-state index contributed by atoms with van der Waals surface area (Å²) in [6.07, 6.45) is -11.3. The van der Waals surface area contributed by atoms with Gasteiger partial charge in [-0.05, 0) is 18.2 Å². The molecule has 2 heterocycles. The lowest BCUT2D eigenvalue weighted by atomic mass is 9.98. The van der Waals surface area contributed by atoms with Gasteiger partial charge in [0.05, 0.1) is 18.1 Å². The summed E-state index contributed by atoms with van der Waals surface area (Å²) in [5, 5.41) is 89.2. The van der Waals surface area contributed by atoms with E-state index in [2.05, 4.69) is 4.74 Å². The Morgan fingerprint density at radius 1 is 0.950 bits per heavy atom. The fourth-order valence-electron chi connectivity index (χ4n) is 4.10. The van der Waals surface area contributed by atoms with E-state index in [1.165, 1.54) is 30.3 Å². The van der Waals surface area contributed by atoms with E-state index in [1.807, 2.05) is 0 Å². The van der Waals surface area contributed by atoms with E-state index in [0.717, 1.165) is 6.07 Å². The van der Waals surface area contributed by atoms with Gasteiger partial charge in [0.2, 0.25) is 6.29 Å². The number of fused-ring (bicyclic) bond motifs is 1. The topological polar surface area (TPSA) is 257 Å². The maximum atomic E-state index is 11.8. The second-order valence-corrected chi connectivity index (χ2v) is 9.10. The van der Waals surface area contributed by atoms with Crippen LogP contribution in [-0.4, -0.2) is 106 Å². The van der Waals surface area contributed by atoms with Crippen molar-refractivity contribution in [1.82, 2.24) is 0 Å². The number of carbonyl (C=O) groups is 2. The van der Waals surface area contributed by atoms with Crippen LogP contribution in [0.3, 0.4) is 0 Å². The SMILES string of the molecule is O=C(CC(O)C(=O)O)OCC1OC(OC2=Cc3c(O)cc(O)cc3[OH+]C2c2ccc(O)c(O)c2)C(O)C(O)C1O. The van der Waals surface area contributed by atoms with E-state index in [9.17, 15) is 50.4 Å². The van der Waals surface area contributed by atoms with Gasteiger partial charge in [-0.3, -0.25) is 4.79 Å². The van der Waals surface area contributed by atoms with Gasteiger partial charge in [-0.15, -0.1) is 0 Å². The van der Waals surface area contributed by atoms with Crippen LogP contribution in [0.5, 0.6) is 28.7 Å². The summed E-state index contributed by atoms with van der Waals surface area (Å²) in [5.74, 6) is -4.31. The lowest BCUT2D eigenvalue weighted by Gasteiger charge is -2.40. The van der Waals surface area contributed by atoms with Gasteiger partial charge in [0, 0.05) is 12.1 Å². The number of aliphatic hydroxyl groups excluding tert-OH is 4. The van der Waals surface area contributed by atoms with Crippen LogP contribution in [0, 0.1) is 0 Å². The molecule has 15 nitrogen and oxygen atoms in total. The fraction of sp³-hybridized carbons (Fsp3) is 0.360. The van der Waals surface area contributed by atoms with Crippen molar-refractivity contribution < 1.29 is 74.5 Å². The lowest BCUT2D eigenvalue weighted by molar-refractivity contribution is -0.296. The van der Waals surface area contributed by atoms with Crippen LogP contribution in [0.4, 0.5) is 0 Å². The van der Waals surface area contributed by atoms with Crippen molar-refractivity contribution in [3.63, 3.8) is 0 Å². The largest absolute Gasteiger partial charge is 0.571 e. The van der Waals surface area contributed by atoms with Gasteiger partial charge < -0.3 is 64.9 Å². The van der Waals surface area contributed by atoms with Crippen molar-refractivity contribution in [3.8, 4) is 28.7 Å². The normalized spacial score (nSPS) is 26.6. The molecule has 40 heavy (non-hydrogen) atoms. The first-order valence-electron chi connectivity index (χ1n) is 11.8. The molecule has 7 unspecified atom stereocenters. The monoisotopic (exact) mass is 567 g/mol. The number of aromatic hydroxyl groups is 5. The molecule has 0 spiro atoms. The molecular weight excluding hydrogens is 540 g/mol. The van der Waals surface area contributed by atoms with Gasteiger partial charge in [0.25, 0.3) is 11.9 Å². The zero-order chi connectivity index (χ0) is 29.3. The summed E-state index contributed by atoms with van der Waals surface area (Å²) in [7, 11) is 0. The number of carboxylic acid groups (broad SMARTS) is 1. The Morgan fingerprint density at radius 3 is 2.35 bits per heavy atom. The number of phenols is 4. The average molecular weight is 567 g/mol. The van der Waals surface area contributed by atoms with E-state index in [1.54, 1.807) is 0 Å². The summed E-state index contributed by atoms with van der Waals surface area (Å²) < 4.78 is 20.6. The van der Waals surface area contributed by atoms with Crippen molar-refractivity contribution in [2.24, 2.45) is 0 Å². The third-order valence-electron chi connectivity index (χ3n) is 6.24. The highest BCUT2D eigenvalue weighted by Crippen LogP contribution is 2.46. The molecule has 0 bridgehead atoms. The minimum Gasteiger partial charge on any atom is -0.571 e. The third kappa shape index (κ3) is 5.98. The zero-order valence-electron chi connectivity index (χ0n) is 20.4. The van der Waals surface area contributed by atoms with Crippen molar-refractivity contribution in [2.75, 3.05) is 6.61 Å². The van der Waals surface area contributed by atoms with E-state index in [0.29, 0.717) is 0 Å². The van der Waals surface area contributed by atoms with Crippen LogP contribution >= 0.6 is 0 Å². The highest BCUT2D eigenvalue weighted by atomic mass is 16.7. The number of carbonyl (C=O) groups excluding carboxylic acids is 1. The van der Waals surface area contributed by atoms with Crippen LogP contribution in [0.25, 0.3) is 6.08 Å². The van der Waals surface area contributed by atoms with Crippen LogP contribution in [0.15, 0.2) is 36.1 Å². The van der Waals surface area contributed by atoms with Crippen molar-refractivity contribution in [3.05, 3.63) is 47.2 Å². The Kier molecular flexibility index (Phi) is 8.22. The zero-order valence-corrected chi connectivity index (χ0v) is 20.4. The number of hydrogen-bond acceptors (Lipinski definition) is 13. The first kappa shape index (κ1) is 28.7. The number of benzene rings is 2. The first-order valence-corrected chi connectivity index (χ1v) is 11.8. The minimum absolute atomic E-state index is 0.0912.